The summed E-state index contributed by atoms with van der Waals surface area (Å²) >= 11 is 1.19. The van der Waals surface area contributed by atoms with Crippen LogP contribution in [0.2, 0.25) is 0 Å². The highest BCUT2D eigenvalue weighted by molar-refractivity contribution is 7.91. The van der Waals surface area contributed by atoms with Crippen molar-refractivity contribution in [2.45, 2.75) is 60.9 Å². The number of carbonyl (C=O) groups is 1. The van der Waals surface area contributed by atoms with E-state index >= 15 is 0 Å². The molecule has 1 atom stereocenters. The van der Waals surface area contributed by atoms with Gasteiger partial charge in [0.05, 0.1) is 0 Å². The van der Waals surface area contributed by atoms with Gasteiger partial charge in [-0.1, -0.05) is 6.07 Å². The normalized spacial score (nSPS) is 29.5. The fourth-order valence-corrected chi connectivity index (χ4v) is 6.15. The Morgan fingerprint density at radius 2 is 2.00 bits per heavy atom. The number of nitrogens with one attached hydrogen (secondary N) is 1. The highest BCUT2D eigenvalue weighted by Crippen LogP contribution is 2.29. The van der Waals surface area contributed by atoms with Crippen molar-refractivity contribution in [2.75, 3.05) is 6.54 Å². The highest BCUT2D eigenvalue weighted by atomic mass is 32.2. The van der Waals surface area contributed by atoms with E-state index in [4.69, 9.17) is 5.73 Å². The fraction of sp³-hybridized carbons (Fsp3) is 0.667. The number of rotatable bonds is 4. The summed E-state index contributed by atoms with van der Waals surface area (Å²) in [6, 6.07) is 3.07. The van der Waals surface area contributed by atoms with Crippen molar-refractivity contribution in [3.63, 3.8) is 0 Å². The van der Waals surface area contributed by atoms with Gasteiger partial charge in [0.15, 0.2) is 0 Å². The molecular weight excluding hydrogens is 334 g/mol. The quantitative estimate of drug-likeness (QED) is 0.849. The molecule has 6 nitrogen and oxygen atoms in total. The lowest BCUT2D eigenvalue weighted by Crippen LogP contribution is -2.49. The van der Waals surface area contributed by atoms with Crippen LogP contribution in [0.1, 0.15) is 38.5 Å². The molecule has 1 saturated heterocycles. The van der Waals surface area contributed by atoms with Crippen LogP contribution >= 0.6 is 11.3 Å². The van der Waals surface area contributed by atoms with Gasteiger partial charge in [0.1, 0.15) is 10.3 Å². The number of carbonyl (C=O) groups excluding carboxylic acids is 1. The average Bonchev–Trinajstić information content (AvgIpc) is 3.21. The van der Waals surface area contributed by atoms with Crippen molar-refractivity contribution in [1.82, 2.24) is 9.62 Å². The van der Waals surface area contributed by atoms with Crippen molar-refractivity contribution < 1.29 is 13.2 Å². The minimum absolute atomic E-state index is 0.120. The first kappa shape index (κ1) is 16.9. The molecule has 1 aliphatic carbocycles. The van der Waals surface area contributed by atoms with Crippen molar-refractivity contribution >= 4 is 27.3 Å². The minimum atomic E-state index is -3.57. The lowest BCUT2D eigenvalue weighted by atomic mass is 9.91. The van der Waals surface area contributed by atoms with Crippen LogP contribution < -0.4 is 11.1 Å². The van der Waals surface area contributed by atoms with Crippen LogP contribution in [0.15, 0.2) is 21.7 Å². The molecule has 128 valence electrons. The Morgan fingerprint density at radius 3 is 2.65 bits per heavy atom. The number of sulfonamides is 1. The number of thiophene rings is 1. The summed E-state index contributed by atoms with van der Waals surface area (Å²) in [5.74, 6) is -0.164. The maximum atomic E-state index is 12.7. The van der Waals surface area contributed by atoms with Gasteiger partial charge in [0.2, 0.25) is 5.91 Å². The maximum absolute atomic E-state index is 12.7. The molecule has 1 amide bonds. The lowest BCUT2D eigenvalue weighted by molar-refractivity contribution is -0.125. The first-order valence-electron chi connectivity index (χ1n) is 8.10. The van der Waals surface area contributed by atoms with Crippen molar-refractivity contribution in [1.29, 1.82) is 0 Å². The van der Waals surface area contributed by atoms with Crippen LogP contribution in [0.3, 0.4) is 0 Å². The Morgan fingerprint density at radius 1 is 1.26 bits per heavy atom. The van der Waals surface area contributed by atoms with Crippen molar-refractivity contribution in [3.8, 4) is 0 Å². The summed E-state index contributed by atoms with van der Waals surface area (Å²) < 4.78 is 27.0. The zero-order valence-corrected chi connectivity index (χ0v) is 14.6. The number of amides is 1. The summed E-state index contributed by atoms with van der Waals surface area (Å²) in [6.07, 6.45) is 4.87. The number of hydrogen-bond acceptors (Lipinski definition) is 5. The van der Waals surface area contributed by atoms with E-state index in [1.165, 1.54) is 15.6 Å². The van der Waals surface area contributed by atoms with E-state index in [0.717, 1.165) is 32.1 Å². The molecule has 1 aliphatic heterocycles. The molecule has 3 rings (SSSR count). The van der Waals surface area contributed by atoms with E-state index in [-0.39, 0.29) is 18.0 Å². The fourth-order valence-electron chi connectivity index (χ4n) is 3.38. The second-order valence-electron chi connectivity index (χ2n) is 6.33. The van der Waals surface area contributed by atoms with Gasteiger partial charge in [-0.3, -0.25) is 4.79 Å². The zero-order chi connectivity index (χ0) is 16.4. The first-order valence-corrected chi connectivity index (χ1v) is 10.4. The van der Waals surface area contributed by atoms with Crippen molar-refractivity contribution in [3.05, 3.63) is 17.5 Å². The van der Waals surface area contributed by atoms with Gasteiger partial charge in [-0.05, 0) is 50.0 Å². The number of nitrogens with two attached hydrogens (primary N) is 1. The lowest BCUT2D eigenvalue weighted by Gasteiger charge is -2.29. The van der Waals surface area contributed by atoms with Crippen LogP contribution in [0.25, 0.3) is 0 Å². The van der Waals surface area contributed by atoms with Gasteiger partial charge in [-0.25, -0.2) is 8.42 Å². The topological polar surface area (TPSA) is 92.5 Å². The van der Waals surface area contributed by atoms with Gasteiger partial charge in [-0.2, -0.15) is 4.31 Å². The van der Waals surface area contributed by atoms with Crippen molar-refractivity contribution in [2.24, 2.45) is 5.73 Å². The third-order valence-electron chi connectivity index (χ3n) is 4.68. The molecule has 0 spiro atoms. The zero-order valence-electron chi connectivity index (χ0n) is 13.0. The third kappa shape index (κ3) is 3.60. The second-order valence-corrected chi connectivity index (χ2v) is 9.39. The number of hydrogen-bond donors (Lipinski definition) is 2. The molecular formula is C15H23N3O3S2. The van der Waals surface area contributed by atoms with E-state index in [9.17, 15) is 13.2 Å². The summed E-state index contributed by atoms with van der Waals surface area (Å²) in [7, 11) is -3.57. The monoisotopic (exact) mass is 357 g/mol. The van der Waals surface area contributed by atoms with E-state index in [1.807, 2.05) is 0 Å². The average molecular weight is 358 g/mol. The Kier molecular flexibility index (Phi) is 5.05. The summed E-state index contributed by atoms with van der Waals surface area (Å²) in [5.41, 5.74) is 5.88. The molecule has 2 aliphatic rings. The predicted molar refractivity (Wildman–Crippen MR) is 89.6 cm³/mol. The van der Waals surface area contributed by atoms with Crippen LogP contribution in [-0.2, 0) is 14.8 Å². The molecule has 0 radical (unpaired) electrons. The SMILES string of the molecule is NC1CCC(NC(=O)C2CCCN2S(=O)(=O)c2cccs2)CC1. The van der Waals surface area contributed by atoms with Gasteiger partial charge in [0.25, 0.3) is 10.0 Å². The molecule has 3 N–H and O–H groups in total. The predicted octanol–water partition coefficient (Wildman–Crippen LogP) is 1.29. The van der Waals surface area contributed by atoms with Gasteiger partial charge < -0.3 is 11.1 Å². The van der Waals surface area contributed by atoms with Gasteiger partial charge in [0, 0.05) is 18.6 Å². The highest BCUT2D eigenvalue weighted by Gasteiger charge is 2.40. The second kappa shape index (κ2) is 6.88. The van der Waals surface area contributed by atoms with E-state index < -0.39 is 16.1 Å². The molecule has 1 aromatic rings. The maximum Gasteiger partial charge on any atom is 0.253 e. The van der Waals surface area contributed by atoms with Crippen LogP contribution in [0.5, 0.6) is 0 Å². The van der Waals surface area contributed by atoms with Crippen LogP contribution in [-0.4, -0.2) is 43.3 Å². The first-order chi connectivity index (χ1) is 11.0. The Bertz CT molecular complexity index is 637. The Balaban J connectivity index is 1.68. The molecule has 8 heteroatoms. The van der Waals surface area contributed by atoms with Crippen LogP contribution in [0.4, 0.5) is 0 Å². The largest absolute Gasteiger partial charge is 0.352 e. The standard InChI is InChI=1S/C15H23N3O3S2/c16-11-5-7-12(8-6-11)17-15(19)13-3-1-9-18(13)23(20,21)14-4-2-10-22-14/h2,4,10-13H,1,3,5-9,16H2,(H,17,19). The van der Waals surface area contributed by atoms with E-state index in [2.05, 4.69) is 5.32 Å². The molecule has 2 heterocycles. The summed E-state index contributed by atoms with van der Waals surface area (Å²) in [4.78, 5) is 12.6. The van der Waals surface area contributed by atoms with Gasteiger partial charge in [-0.15, -0.1) is 11.3 Å². The van der Waals surface area contributed by atoms with Gasteiger partial charge >= 0.3 is 0 Å². The summed E-state index contributed by atoms with van der Waals surface area (Å²) in [6.45, 7) is 0.411. The van der Waals surface area contributed by atoms with Crippen LogP contribution in [0, 0.1) is 0 Å². The molecule has 1 unspecified atom stereocenters. The molecule has 0 aromatic carbocycles. The minimum Gasteiger partial charge on any atom is -0.352 e. The van der Waals surface area contributed by atoms with E-state index in [1.54, 1.807) is 17.5 Å². The molecule has 1 aromatic heterocycles. The molecule has 23 heavy (non-hydrogen) atoms. The molecule has 0 bridgehead atoms. The Hall–Kier alpha value is -0.960. The summed E-state index contributed by atoms with van der Waals surface area (Å²) in [5, 5.41) is 4.77. The molecule has 1 saturated carbocycles. The van der Waals surface area contributed by atoms with E-state index in [0.29, 0.717) is 17.2 Å². The Labute approximate surface area is 141 Å². The number of nitrogens with zero attached hydrogens (tertiary/aromatic N) is 1. The third-order valence-corrected chi connectivity index (χ3v) is 7.96. The molecule has 2 fully saturated rings. The smallest absolute Gasteiger partial charge is 0.253 e.